The molecule has 5 N–H and O–H groups in total. The van der Waals surface area contributed by atoms with E-state index < -0.39 is 18.1 Å². The molecular weight excluding hydrogens is 476 g/mol. The molecule has 35 heavy (non-hydrogen) atoms. The van der Waals surface area contributed by atoms with Gasteiger partial charge in [0.05, 0.1) is 17.0 Å². The smallest absolute Gasteiger partial charge is 0.449 e. The molecular formula is C24H19ClN4O6. The quantitative estimate of drug-likeness (QED) is 0.260. The summed E-state index contributed by atoms with van der Waals surface area (Å²) in [5, 5.41) is 16.9. The van der Waals surface area contributed by atoms with Gasteiger partial charge < -0.3 is 25.5 Å². The van der Waals surface area contributed by atoms with Crippen LogP contribution in [0.15, 0.2) is 42.5 Å². The van der Waals surface area contributed by atoms with Crippen molar-refractivity contribution in [2.24, 2.45) is 0 Å². The highest BCUT2D eigenvalue weighted by molar-refractivity contribution is 6.35. The molecule has 2 heterocycles. The van der Waals surface area contributed by atoms with E-state index >= 15 is 0 Å². The molecule has 4 rings (SSSR count). The number of anilines is 2. The zero-order valence-corrected chi connectivity index (χ0v) is 19.2. The molecule has 0 fully saturated rings. The number of hydrogen-bond donors (Lipinski definition) is 5. The predicted octanol–water partition coefficient (Wildman–Crippen LogP) is 4.80. The molecule has 0 spiro atoms. The van der Waals surface area contributed by atoms with Crippen molar-refractivity contribution < 1.29 is 29.0 Å². The van der Waals surface area contributed by atoms with E-state index in [9.17, 15) is 19.2 Å². The Balaban J connectivity index is 1.51. The Morgan fingerprint density at radius 1 is 1.09 bits per heavy atom. The molecule has 11 heteroatoms. The lowest BCUT2D eigenvalue weighted by Gasteiger charge is -2.08. The number of imide groups is 1. The fourth-order valence-corrected chi connectivity index (χ4v) is 3.77. The van der Waals surface area contributed by atoms with Crippen LogP contribution in [0, 0.1) is 13.8 Å². The van der Waals surface area contributed by atoms with E-state index in [-0.39, 0.29) is 17.2 Å². The average Bonchev–Trinajstić information content (AvgIpc) is 3.23. The van der Waals surface area contributed by atoms with Crippen LogP contribution in [0.5, 0.6) is 5.75 Å². The van der Waals surface area contributed by atoms with E-state index in [1.165, 1.54) is 12.1 Å². The summed E-state index contributed by atoms with van der Waals surface area (Å²) in [4.78, 5) is 51.0. The fraction of sp³-hybridized carbons (Fsp3) is 0.0833. The van der Waals surface area contributed by atoms with Crippen LogP contribution in [0.3, 0.4) is 0 Å². The maximum Gasteiger partial charge on any atom is 0.511 e. The lowest BCUT2D eigenvalue weighted by atomic mass is 10.0. The van der Waals surface area contributed by atoms with Crippen LogP contribution < -0.4 is 20.7 Å². The van der Waals surface area contributed by atoms with Gasteiger partial charge in [0.15, 0.2) is 5.75 Å². The largest absolute Gasteiger partial charge is 0.511 e. The van der Waals surface area contributed by atoms with E-state index in [1.54, 1.807) is 50.3 Å². The molecule has 0 aliphatic carbocycles. The first-order chi connectivity index (χ1) is 16.6. The summed E-state index contributed by atoms with van der Waals surface area (Å²) in [5.74, 6) is -0.782. The summed E-state index contributed by atoms with van der Waals surface area (Å²) in [7, 11) is 0. The maximum atomic E-state index is 12.6. The molecule has 1 aliphatic heterocycles. The number of benzene rings is 2. The average molecular weight is 495 g/mol. The molecule has 1 aliphatic rings. The molecule has 4 amide bonds. The zero-order valence-electron chi connectivity index (χ0n) is 18.5. The topological polar surface area (TPSA) is 150 Å². The summed E-state index contributed by atoms with van der Waals surface area (Å²) in [6, 6.07) is 10.1. The van der Waals surface area contributed by atoms with Crippen LogP contribution in [0.25, 0.3) is 11.6 Å². The molecule has 0 unspecified atom stereocenters. The SMILES string of the molecule is Cc1[nH]c(/C=C2\C(=O)Nc3cc(NC(=O)NC(=O)c4ccc(Cl)cc4)ccc32)c(C)c1OC(=O)O. The minimum absolute atomic E-state index is 0.182. The normalized spacial score (nSPS) is 13.2. The number of amides is 4. The Bertz CT molecular complexity index is 1410. The van der Waals surface area contributed by atoms with E-state index in [0.717, 1.165) is 0 Å². The van der Waals surface area contributed by atoms with Crippen LogP contribution in [0.4, 0.5) is 21.0 Å². The van der Waals surface area contributed by atoms with Crippen molar-refractivity contribution in [3.8, 4) is 5.75 Å². The van der Waals surface area contributed by atoms with Crippen molar-refractivity contribution in [2.75, 3.05) is 10.6 Å². The summed E-state index contributed by atoms with van der Waals surface area (Å²) in [6.07, 6.45) is 0.167. The first-order valence-corrected chi connectivity index (χ1v) is 10.7. The number of aromatic nitrogens is 1. The molecule has 0 bridgehead atoms. The first-order valence-electron chi connectivity index (χ1n) is 10.3. The summed E-state index contributed by atoms with van der Waals surface area (Å²) in [6.45, 7) is 3.34. The molecule has 178 valence electrons. The number of urea groups is 1. The van der Waals surface area contributed by atoms with E-state index in [2.05, 4.69) is 20.9 Å². The highest BCUT2D eigenvalue weighted by Crippen LogP contribution is 2.36. The Hall–Kier alpha value is -4.57. The van der Waals surface area contributed by atoms with Crippen molar-refractivity contribution in [3.05, 3.63) is 75.6 Å². The Morgan fingerprint density at radius 2 is 1.80 bits per heavy atom. The fourth-order valence-electron chi connectivity index (χ4n) is 3.64. The standard InChI is InChI=1S/C24H19ClN4O6/c1-11-18(26-12(2)20(11)35-24(33)34)10-17-16-8-7-15(9-19(16)28-22(17)31)27-23(32)29-21(30)13-3-5-14(25)6-4-13/h3-10,26H,1-2H3,(H,28,31)(H,33,34)(H2,27,29,30,32)/b17-10-. The van der Waals surface area contributed by atoms with Crippen LogP contribution in [0.1, 0.15) is 32.9 Å². The second kappa shape index (κ2) is 9.35. The third-order valence-corrected chi connectivity index (χ3v) is 5.53. The van der Waals surface area contributed by atoms with E-state index in [4.69, 9.17) is 21.4 Å². The van der Waals surface area contributed by atoms with Crippen molar-refractivity contribution in [1.29, 1.82) is 0 Å². The lowest BCUT2D eigenvalue weighted by Crippen LogP contribution is -2.34. The van der Waals surface area contributed by atoms with E-state index in [0.29, 0.717) is 44.5 Å². The number of carbonyl (C=O) groups excluding carboxylic acids is 3. The van der Waals surface area contributed by atoms with Crippen molar-refractivity contribution in [2.45, 2.75) is 13.8 Å². The van der Waals surface area contributed by atoms with Gasteiger partial charge in [0.1, 0.15) is 0 Å². The maximum absolute atomic E-state index is 12.6. The van der Waals surface area contributed by atoms with Gasteiger partial charge in [-0.05, 0) is 56.3 Å². The second-order valence-corrected chi connectivity index (χ2v) is 8.11. The highest BCUT2D eigenvalue weighted by Gasteiger charge is 2.26. The Labute approximate surface area is 203 Å². The van der Waals surface area contributed by atoms with E-state index in [1.807, 2.05) is 0 Å². The van der Waals surface area contributed by atoms with Gasteiger partial charge >= 0.3 is 12.2 Å². The number of fused-ring (bicyclic) bond motifs is 1. The molecule has 2 aromatic carbocycles. The van der Waals surface area contributed by atoms with Crippen LogP contribution in [-0.4, -0.2) is 34.1 Å². The van der Waals surface area contributed by atoms with Gasteiger partial charge in [-0.1, -0.05) is 17.7 Å². The summed E-state index contributed by atoms with van der Waals surface area (Å²) in [5.41, 5.74) is 3.60. The first kappa shape index (κ1) is 23.6. The number of aryl methyl sites for hydroxylation is 1. The monoisotopic (exact) mass is 494 g/mol. The number of hydrogen-bond acceptors (Lipinski definition) is 5. The molecule has 0 saturated heterocycles. The third-order valence-electron chi connectivity index (χ3n) is 5.28. The van der Waals surface area contributed by atoms with Gasteiger partial charge in [0.25, 0.3) is 11.8 Å². The third kappa shape index (κ3) is 5.02. The van der Waals surface area contributed by atoms with Crippen LogP contribution in [0.2, 0.25) is 5.02 Å². The van der Waals surface area contributed by atoms with Crippen LogP contribution >= 0.6 is 11.6 Å². The van der Waals surface area contributed by atoms with Gasteiger partial charge in [-0.15, -0.1) is 0 Å². The predicted molar refractivity (Wildman–Crippen MR) is 130 cm³/mol. The molecule has 0 atom stereocenters. The van der Waals surface area contributed by atoms with Crippen LogP contribution in [-0.2, 0) is 4.79 Å². The number of carbonyl (C=O) groups is 4. The number of halogens is 1. The molecule has 0 radical (unpaired) electrons. The highest BCUT2D eigenvalue weighted by atomic mass is 35.5. The number of H-pyrrole nitrogens is 1. The minimum Gasteiger partial charge on any atom is -0.449 e. The number of aromatic amines is 1. The Morgan fingerprint density at radius 3 is 2.49 bits per heavy atom. The van der Waals surface area contributed by atoms with Gasteiger partial charge in [0, 0.05) is 33.1 Å². The molecule has 0 saturated carbocycles. The number of ether oxygens (including phenoxy) is 1. The lowest BCUT2D eigenvalue weighted by molar-refractivity contribution is -0.110. The number of nitrogens with one attached hydrogen (secondary N) is 4. The molecule has 3 aromatic rings. The Kier molecular flexibility index (Phi) is 6.30. The zero-order chi connectivity index (χ0) is 25.3. The molecule has 1 aromatic heterocycles. The van der Waals surface area contributed by atoms with Crippen molar-refractivity contribution in [1.82, 2.24) is 10.3 Å². The van der Waals surface area contributed by atoms with Gasteiger partial charge in [0.2, 0.25) is 0 Å². The molecule has 10 nitrogen and oxygen atoms in total. The number of rotatable bonds is 4. The van der Waals surface area contributed by atoms with Gasteiger partial charge in [-0.25, -0.2) is 9.59 Å². The van der Waals surface area contributed by atoms with Gasteiger partial charge in [-0.3, -0.25) is 14.9 Å². The minimum atomic E-state index is -1.43. The van der Waals surface area contributed by atoms with Crippen molar-refractivity contribution in [3.63, 3.8) is 0 Å². The van der Waals surface area contributed by atoms with Crippen molar-refractivity contribution >= 4 is 58.6 Å². The summed E-state index contributed by atoms with van der Waals surface area (Å²) >= 11 is 5.80. The number of carboxylic acid groups (broad SMARTS) is 1. The second-order valence-electron chi connectivity index (χ2n) is 7.67. The summed E-state index contributed by atoms with van der Waals surface area (Å²) < 4.78 is 4.81. The van der Waals surface area contributed by atoms with Gasteiger partial charge in [-0.2, -0.15) is 0 Å².